The third kappa shape index (κ3) is 4.26. The lowest BCUT2D eigenvalue weighted by atomic mass is 10.1. The molecular weight excluding hydrogens is 208 g/mol. The standard InChI is InChI=1S/C11H20N2OS/c1-4-15-6-5-11(14)8-10-7-9(2)12-13(10)3/h7,11,14H,4-6,8H2,1-3H3. The Morgan fingerprint density at radius 2 is 2.33 bits per heavy atom. The molecule has 0 fully saturated rings. The van der Waals surface area contributed by atoms with Gasteiger partial charge in [0, 0.05) is 19.2 Å². The second-order valence-electron chi connectivity index (χ2n) is 3.74. The van der Waals surface area contributed by atoms with Gasteiger partial charge in [-0.3, -0.25) is 4.68 Å². The Morgan fingerprint density at radius 3 is 2.87 bits per heavy atom. The Morgan fingerprint density at radius 1 is 1.60 bits per heavy atom. The second kappa shape index (κ2) is 6.18. The highest BCUT2D eigenvalue weighted by Gasteiger charge is 2.09. The summed E-state index contributed by atoms with van der Waals surface area (Å²) in [5.41, 5.74) is 2.13. The Labute approximate surface area is 95.9 Å². The number of aromatic nitrogens is 2. The van der Waals surface area contributed by atoms with Gasteiger partial charge < -0.3 is 5.11 Å². The summed E-state index contributed by atoms with van der Waals surface area (Å²) in [6.07, 6.45) is 1.34. The molecule has 1 aromatic rings. The summed E-state index contributed by atoms with van der Waals surface area (Å²) in [7, 11) is 1.93. The van der Waals surface area contributed by atoms with Gasteiger partial charge in [0.15, 0.2) is 0 Å². The van der Waals surface area contributed by atoms with Gasteiger partial charge in [-0.2, -0.15) is 16.9 Å². The Kier molecular flexibility index (Phi) is 5.19. The summed E-state index contributed by atoms with van der Waals surface area (Å²) in [6, 6.07) is 2.04. The quantitative estimate of drug-likeness (QED) is 0.754. The molecule has 1 rings (SSSR count). The van der Waals surface area contributed by atoms with E-state index in [0.29, 0.717) is 6.42 Å². The predicted octanol–water partition coefficient (Wildman–Crippen LogP) is 1.78. The highest BCUT2D eigenvalue weighted by atomic mass is 32.2. The predicted molar refractivity (Wildman–Crippen MR) is 65.3 cm³/mol. The van der Waals surface area contributed by atoms with Crippen molar-refractivity contribution in [3.8, 4) is 0 Å². The molecule has 0 saturated heterocycles. The zero-order chi connectivity index (χ0) is 11.3. The molecule has 0 aromatic carbocycles. The van der Waals surface area contributed by atoms with Crippen LogP contribution in [0.2, 0.25) is 0 Å². The highest BCUT2D eigenvalue weighted by Crippen LogP contribution is 2.10. The molecule has 0 spiro atoms. The molecule has 4 heteroatoms. The maximum absolute atomic E-state index is 9.81. The van der Waals surface area contributed by atoms with Crippen molar-refractivity contribution >= 4 is 11.8 Å². The molecule has 1 N–H and O–H groups in total. The average molecular weight is 228 g/mol. The smallest absolute Gasteiger partial charge is 0.0603 e. The fraction of sp³-hybridized carbons (Fsp3) is 0.727. The number of rotatable bonds is 6. The SMILES string of the molecule is CCSCCC(O)Cc1cc(C)nn1C. The van der Waals surface area contributed by atoms with Crippen LogP contribution in [0.5, 0.6) is 0 Å². The van der Waals surface area contributed by atoms with Crippen molar-refractivity contribution in [1.82, 2.24) is 9.78 Å². The van der Waals surface area contributed by atoms with E-state index in [0.717, 1.165) is 29.3 Å². The van der Waals surface area contributed by atoms with Gasteiger partial charge in [-0.25, -0.2) is 0 Å². The van der Waals surface area contributed by atoms with Crippen LogP contribution in [0.25, 0.3) is 0 Å². The van der Waals surface area contributed by atoms with Crippen molar-refractivity contribution in [3.05, 3.63) is 17.5 Å². The molecule has 3 nitrogen and oxygen atoms in total. The van der Waals surface area contributed by atoms with E-state index < -0.39 is 0 Å². The lowest BCUT2D eigenvalue weighted by Crippen LogP contribution is -2.14. The normalized spacial score (nSPS) is 13.1. The first-order valence-electron chi connectivity index (χ1n) is 5.38. The molecule has 0 radical (unpaired) electrons. The number of aryl methyl sites for hydroxylation is 2. The Hall–Kier alpha value is -0.480. The molecule has 0 amide bonds. The van der Waals surface area contributed by atoms with Crippen LogP contribution < -0.4 is 0 Å². The first-order valence-corrected chi connectivity index (χ1v) is 6.54. The maximum Gasteiger partial charge on any atom is 0.0603 e. The molecule has 0 bridgehead atoms. The van der Waals surface area contributed by atoms with Gasteiger partial charge in [-0.15, -0.1) is 0 Å². The molecule has 1 unspecified atom stereocenters. The van der Waals surface area contributed by atoms with Crippen LogP contribution in [-0.2, 0) is 13.5 Å². The van der Waals surface area contributed by atoms with Gasteiger partial charge >= 0.3 is 0 Å². The molecule has 15 heavy (non-hydrogen) atoms. The number of aliphatic hydroxyl groups is 1. The molecule has 1 atom stereocenters. The van der Waals surface area contributed by atoms with E-state index in [9.17, 15) is 5.11 Å². The van der Waals surface area contributed by atoms with Gasteiger partial charge in [0.1, 0.15) is 0 Å². The van der Waals surface area contributed by atoms with Gasteiger partial charge in [-0.1, -0.05) is 6.92 Å². The summed E-state index contributed by atoms with van der Waals surface area (Å²) in [5, 5.41) is 14.1. The number of aliphatic hydroxyl groups excluding tert-OH is 1. The van der Waals surface area contributed by atoms with Crippen molar-refractivity contribution in [1.29, 1.82) is 0 Å². The fourth-order valence-electron chi connectivity index (χ4n) is 1.56. The van der Waals surface area contributed by atoms with Crippen LogP contribution in [0.15, 0.2) is 6.07 Å². The first kappa shape index (κ1) is 12.6. The van der Waals surface area contributed by atoms with Crippen molar-refractivity contribution in [3.63, 3.8) is 0 Å². The summed E-state index contributed by atoms with van der Waals surface area (Å²) >= 11 is 1.87. The summed E-state index contributed by atoms with van der Waals surface area (Å²) in [5.74, 6) is 2.16. The monoisotopic (exact) mass is 228 g/mol. The Balaban J connectivity index is 2.37. The van der Waals surface area contributed by atoms with E-state index in [-0.39, 0.29) is 6.10 Å². The number of nitrogens with zero attached hydrogens (tertiary/aromatic N) is 2. The zero-order valence-corrected chi connectivity index (χ0v) is 10.5. The average Bonchev–Trinajstić information content (AvgIpc) is 2.45. The lowest BCUT2D eigenvalue weighted by Gasteiger charge is -2.09. The second-order valence-corrected chi connectivity index (χ2v) is 5.14. The van der Waals surface area contributed by atoms with Crippen LogP contribution >= 0.6 is 11.8 Å². The molecule has 0 aliphatic heterocycles. The molecule has 86 valence electrons. The van der Waals surface area contributed by atoms with Crippen LogP contribution in [0.3, 0.4) is 0 Å². The van der Waals surface area contributed by atoms with Gasteiger partial charge in [0.2, 0.25) is 0 Å². The zero-order valence-electron chi connectivity index (χ0n) is 9.73. The molecule has 1 heterocycles. The summed E-state index contributed by atoms with van der Waals surface area (Å²) in [6.45, 7) is 4.12. The molecule has 0 saturated carbocycles. The van der Waals surface area contributed by atoms with Gasteiger partial charge in [-0.05, 0) is 30.9 Å². The van der Waals surface area contributed by atoms with Gasteiger partial charge in [0.25, 0.3) is 0 Å². The number of hydrogen-bond donors (Lipinski definition) is 1. The van der Waals surface area contributed by atoms with E-state index in [1.165, 1.54) is 0 Å². The fourth-order valence-corrected chi connectivity index (χ4v) is 2.29. The van der Waals surface area contributed by atoms with Crippen molar-refractivity contribution < 1.29 is 5.11 Å². The molecule has 0 aliphatic carbocycles. The van der Waals surface area contributed by atoms with Crippen molar-refractivity contribution in [2.45, 2.75) is 32.8 Å². The van der Waals surface area contributed by atoms with E-state index in [2.05, 4.69) is 12.0 Å². The van der Waals surface area contributed by atoms with Crippen molar-refractivity contribution in [2.24, 2.45) is 7.05 Å². The maximum atomic E-state index is 9.81. The number of hydrogen-bond acceptors (Lipinski definition) is 3. The minimum absolute atomic E-state index is 0.237. The molecule has 0 aliphatic rings. The third-order valence-corrected chi connectivity index (χ3v) is 3.28. The first-order chi connectivity index (χ1) is 7.13. The Bertz CT molecular complexity index is 299. The third-order valence-electron chi connectivity index (χ3n) is 2.34. The van der Waals surface area contributed by atoms with Crippen LogP contribution in [0.1, 0.15) is 24.7 Å². The minimum Gasteiger partial charge on any atom is -0.393 e. The molecule has 1 aromatic heterocycles. The number of thioether (sulfide) groups is 1. The van der Waals surface area contributed by atoms with Crippen LogP contribution in [-0.4, -0.2) is 32.5 Å². The van der Waals surface area contributed by atoms with E-state index in [4.69, 9.17) is 0 Å². The van der Waals surface area contributed by atoms with Crippen LogP contribution in [0.4, 0.5) is 0 Å². The summed E-state index contributed by atoms with van der Waals surface area (Å²) < 4.78 is 1.85. The van der Waals surface area contributed by atoms with E-state index in [1.807, 2.05) is 36.5 Å². The summed E-state index contributed by atoms with van der Waals surface area (Å²) in [4.78, 5) is 0. The van der Waals surface area contributed by atoms with E-state index >= 15 is 0 Å². The van der Waals surface area contributed by atoms with E-state index in [1.54, 1.807) is 0 Å². The topological polar surface area (TPSA) is 38.1 Å². The van der Waals surface area contributed by atoms with Crippen molar-refractivity contribution in [2.75, 3.05) is 11.5 Å². The van der Waals surface area contributed by atoms with Gasteiger partial charge in [0.05, 0.1) is 11.8 Å². The highest BCUT2D eigenvalue weighted by molar-refractivity contribution is 7.99. The van der Waals surface area contributed by atoms with Crippen LogP contribution in [0, 0.1) is 6.92 Å². The largest absolute Gasteiger partial charge is 0.393 e. The lowest BCUT2D eigenvalue weighted by molar-refractivity contribution is 0.169. The minimum atomic E-state index is -0.237. The molecular formula is C11H20N2OS.